The lowest BCUT2D eigenvalue weighted by Gasteiger charge is -1.97. The van der Waals surface area contributed by atoms with Crippen LogP contribution >= 0.6 is 33.9 Å². The third kappa shape index (κ3) is 1.13. The lowest BCUT2D eigenvalue weighted by molar-refractivity contribution is 0.512. The van der Waals surface area contributed by atoms with Crippen molar-refractivity contribution in [3.05, 3.63) is 32.7 Å². The number of fused-ring (bicyclic) bond motifs is 1. The molecular weight excluding hydrogens is 293 g/mol. The minimum Gasteiger partial charge on any atom is -0.203 e. The van der Waals surface area contributed by atoms with Crippen LogP contribution in [0.15, 0.2) is 17.5 Å². The Morgan fingerprint density at radius 2 is 2.00 bits per heavy atom. The van der Waals surface area contributed by atoms with Gasteiger partial charge >= 0.3 is 0 Å². The van der Waals surface area contributed by atoms with Gasteiger partial charge in [0.05, 0.1) is 3.57 Å². The molecule has 1 aromatic carbocycles. The summed E-state index contributed by atoms with van der Waals surface area (Å²) in [6.07, 6.45) is 0. The van der Waals surface area contributed by atoms with E-state index in [0.717, 1.165) is 4.70 Å². The van der Waals surface area contributed by atoms with E-state index in [1.54, 1.807) is 40.1 Å². The molecule has 0 spiro atoms. The summed E-state index contributed by atoms with van der Waals surface area (Å²) in [5.41, 5.74) is 0. The Hall–Kier alpha value is -0.230. The van der Waals surface area contributed by atoms with Crippen molar-refractivity contribution in [3.8, 4) is 0 Å². The smallest absolute Gasteiger partial charge is 0.172 e. The summed E-state index contributed by atoms with van der Waals surface area (Å²) in [5, 5.41) is 2.13. The van der Waals surface area contributed by atoms with Crippen LogP contribution in [0.25, 0.3) is 10.1 Å². The molecule has 0 aliphatic heterocycles. The van der Waals surface area contributed by atoms with Crippen molar-refractivity contribution in [3.63, 3.8) is 0 Å². The van der Waals surface area contributed by atoms with Crippen molar-refractivity contribution >= 4 is 44.0 Å². The Kier molecular flexibility index (Phi) is 2.04. The zero-order valence-electron chi connectivity index (χ0n) is 5.77. The fourth-order valence-electron chi connectivity index (χ4n) is 1.02. The molecule has 0 amide bonds. The Labute approximate surface area is 85.3 Å². The molecule has 2 aromatic rings. The average Bonchev–Trinajstić information content (AvgIpc) is 2.48. The molecule has 4 heteroatoms. The van der Waals surface area contributed by atoms with Crippen molar-refractivity contribution in [2.75, 3.05) is 0 Å². The first-order valence-electron chi connectivity index (χ1n) is 3.21. The van der Waals surface area contributed by atoms with Crippen molar-refractivity contribution in [2.45, 2.75) is 0 Å². The Morgan fingerprint density at radius 3 is 2.75 bits per heavy atom. The van der Waals surface area contributed by atoms with Crippen LogP contribution in [0.3, 0.4) is 0 Å². The van der Waals surface area contributed by atoms with Gasteiger partial charge in [-0.2, -0.15) is 0 Å². The van der Waals surface area contributed by atoms with Crippen LogP contribution in [0, 0.1) is 15.2 Å². The predicted molar refractivity (Wildman–Crippen MR) is 54.5 cm³/mol. The molecule has 0 nitrogen and oxygen atoms in total. The molecule has 12 heavy (non-hydrogen) atoms. The van der Waals surface area contributed by atoms with E-state index >= 15 is 0 Å². The second-order valence-electron chi connectivity index (χ2n) is 2.32. The maximum absolute atomic E-state index is 13.1. The van der Waals surface area contributed by atoms with Crippen LogP contribution < -0.4 is 0 Å². The number of hydrogen-bond acceptors (Lipinski definition) is 1. The largest absolute Gasteiger partial charge is 0.203 e. The van der Waals surface area contributed by atoms with Gasteiger partial charge in [-0.1, -0.05) is 0 Å². The molecule has 62 valence electrons. The highest BCUT2D eigenvalue weighted by Gasteiger charge is 2.11. The summed E-state index contributed by atoms with van der Waals surface area (Å²) in [6, 6.07) is 3.24. The fraction of sp³-hybridized carbons (Fsp3) is 0. The summed E-state index contributed by atoms with van der Waals surface area (Å²) < 4.78 is 27.2. The van der Waals surface area contributed by atoms with Crippen molar-refractivity contribution in [2.24, 2.45) is 0 Å². The molecule has 0 fully saturated rings. The predicted octanol–water partition coefficient (Wildman–Crippen LogP) is 3.78. The molecule has 0 unspecified atom stereocenters. The second kappa shape index (κ2) is 2.92. The second-order valence-corrected chi connectivity index (χ2v) is 4.43. The molecule has 0 N–H and O–H groups in total. The van der Waals surface area contributed by atoms with Gasteiger partial charge in [0.25, 0.3) is 0 Å². The molecule has 0 atom stereocenters. The van der Waals surface area contributed by atoms with Gasteiger partial charge in [-0.15, -0.1) is 11.3 Å². The zero-order chi connectivity index (χ0) is 8.72. The molecule has 1 aromatic heterocycles. The van der Waals surface area contributed by atoms with Gasteiger partial charge in [-0.25, -0.2) is 8.78 Å². The quantitative estimate of drug-likeness (QED) is 0.512. The van der Waals surface area contributed by atoms with Crippen LogP contribution in [0.4, 0.5) is 8.78 Å². The maximum atomic E-state index is 13.1. The van der Waals surface area contributed by atoms with Crippen LogP contribution in [-0.4, -0.2) is 0 Å². The number of hydrogen-bond donors (Lipinski definition) is 0. The van der Waals surface area contributed by atoms with Crippen LogP contribution in [0.2, 0.25) is 0 Å². The number of thiophene rings is 1. The van der Waals surface area contributed by atoms with Crippen LogP contribution in [-0.2, 0) is 0 Å². The standard InChI is InChI=1S/C8H3F2IS/c9-7-4-1-2-12-6(4)3-5(11)8(7)10/h1-3H. The highest BCUT2D eigenvalue weighted by Crippen LogP contribution is 2.28. The Balaban J connectivity index is 2.94. The third-order valence-corrected chi connectivity index (χ3v) is 3.24. The first-order valence-corrected chi connectivity index (χ1v) is 5.16. The van der Waals surface area contributed by atoms with Crippen molar-refractivity contribution in [1.29, 1.82) is 0 Å². The summed E-state index contributed by atoms with van der Waals surface area (Å²) in [6.45, 7) is 0. The Bertz CT molecular complexity index is 436. The molecule has 0 aliphatic rings. The zero-order valence-corrected chi connectivity index (χ0v) is 8.75. The first-order chi connectivity index (χ1) is 5.70. The molecule has 0 radical (unpaired) electrons. The van der Waals surface area contributed by atoms with E-state index in [1.807, 2.05) is 0 Å². The summed E-state index contributed by atoms with van der Waals surface area (Å²) in [7, 11) is 0. The average molecular weight is 296 g/mol. The normalized spacial score (nSPS) is 10.9. The van der Waals surface area contributed by atoms with Gasteiger partial charge in [0.2, 0.25) is 0 Å². The van der Waals surface area contributed by atoms with Gasteiger partial charge in [0, 0.05) is 10.1 Å². The van der Waals surface area contributed by atoms with Crippen LogP contribution in [0.1, 0.15) is 0 Å². The van der Waals surface area contributed by atoms with E-state index in [4.69, 9.17) is 0 Å². The topological polar surface area (TPSA) is 0 Å². The molecule has 0 bridgehead atoms. The van der Waals surface area contributed by atoms with E-state index in [-0.39, 0.29) is 0 Å². The van der Waals surface area contributed by atoms with E-state index in [9.17, 15) is 8.78 Å². The van der Waals surface area contributed by atoms with E-state index in [1.165, 1.54) is 11.3 Å². The molecule has 0 saturated heterocycles. The van der Waals surface area contributed by atoms with Gasteiger partial charge in [0.1, 0.15) is 0 Å². The number of benzene rings is 1. The number of halogens is 3. The van der Waals surface area contributed by atoms with Crippen molar-refractivity contribution in [1.82, 2.24) is 0 Å². The fourth-order valence-corrected chi connectivity index (χ4v) is 2.60. The summed E-state index contributed by atoms with van der Waals surface area (Å²) >= 11 is 3.20. The minimum absolute atomic E-state index is 0.333. The number of rotatable bonds is 0. The molecule has 1 heterocycles. The lowest BCUT2D eigenvalue weighted by Crippen LogP contribution is -1.87. The summed E-state index contributed by atoms with van der Waals surface area (Å²) in [4.78, 5) is 0. The van der Waals surface area contributed by atoms with E-state index in [2.05, 4.69) is 0 Å². The molecule has 0 saturated carbocycles. The van der Waals surface area contributed by atoms with Crippen LogP contribution in [0.5, 0.6) is 0 Å². The SMILES string of the molecule is Fc1c(I)cc2sccc2c1F. The van der Waals surface area contributed by atoms with E-state index < -0.39 is 11.6 Å². The maximum Gasteiger partial charge on any atom is 0.172 e. The monoisotopic (exact) mass is 296 g/mol. The molecular formula is C8H3F2IS. The molecule has 0 aliphatic carbocycles. The third-order valence-electron chi connectivity index (χ3n) is 1.59. The Morgan fingerprint density at radius 1 is 1.25 bits per heavy atom. The highest BCUT2D eigenvalue weighted by atomic mass is 127. The van der Waals surface area contributed by atoms with Crippen molar-refractivity contribution < 1.29 is 8.78 Å². The van der Waals surface area contributed by atoms with E-state index in [0.29, 0.717) is 8.96 Å². The van der Waals surface area contributed by atoms with Gasteiger partial charge in [-0.05, 0) is 40.1 Å². The van der Waals surface area contributed by atoms with Gasteiger partial charge < -0.3 is 0 Å². The minimum atomic E-state index is -0.749. The first kappa shape index (κ1) is 8.37. The van der Waals surface area contributed by atoms with Gasteiger partial charge in [0.15, 0.2) is 11.6 Å². The summed E-state index contributed by atoms with van der Waals surface area (Å²) in [5.74, 6) is -1.49. The lowest BCUT2D eigenvalue weighted by atomic mass is 10.2. The highest BCUT2D eigenvalue weighted by molar-refractivity contribution is 14.1. The molecule has 2 rings (SSSR count). The van der Waals surface area contributed by atoms with Gasteiger partial charge in [-0.3, -0.25) is 0 Å².